The number of hydrogen-bond acceptors (Lipinski definition) is 5. The number of hydrogen-bond donors (Lipinski definition) is 2. The van der Waals surface area contributed by atoms with E-state index >= 15 is 0 Å². The Balaban J connectivity index is 1.92. The Morgan fingerprint density at radius 3 is 2.73 bits per heavy atom. The molecule has 8 heteroatoms. The Morgan fingerprint density at radius 2 is 2.04 bits per heavy atom. The molecule has 1 aromatic carbocycles. The van der Waals surface area contributed by atoms with Crippen LogP contribution in [-0.2, 0) is 13.6 Å². The topological polar surface area (TPSA) is 97.1 Å². The summed E-state index contributed by atoms with van der Waals surface area (Å²) in [5.74, 6) is 0.404. The number of H-pyrrole nitrogens is 1. The molecule has 8 nitrogen and oxygen atoms in total. The van der Waals surface area contributed by atoms with E-state index in [1.54, 1.807) is 11.6 Å². The fraction of sp³-hybridized carbons (Fsp3) is 0.222. The average Bonchev–Trinajstić information content (AvgIpc) is 3.03. The van der Waals surface area contributed by atoms with E-state index in [1.807, 2.05) is 56.3 Å². The van der Waals surface area contributed by atoms with Gasteiger partial charge in [-0.2, -0.15) is 10.1 Å². The van der Waals surface area contributed by atoms with E-state index in [1.165, 1.54) is 4.57 Å². The maximum absolute atomic E-state index is 12.1. The SMILES string of the molecule is CCn1c(N/N=C(C)\C=C\c2ccccc2)nc2c1c(=O)[nH]c(=O)n2C. The van der Waals surface area contributed by atoms with Gasteiger partial charge in [-0.15, -0.1) is 0 Å². The van der Waals surface area contributed by atoms with Crippen LogP contribution in [-0.4, -0.2) is 24.8 Å². The molecule has 2 heterocycles. The second-order valence-corrected chi connectivity index (χ2v) is 5.78. The van der Waals surface area contributed by atoms with Gasteiger partial charge in [-0.1, -0.05) is 36.4 Å². The van der Waals surface area contributed by atoms with Gasteiger partial charge in [-0.3, -0.25) is 14.3 Å². The van der Waals surface area contributed by atoms with Crippen molar-refractivity contribution in [3.8, 4) is 0 Å². The molecule has 0 unspecified atom stereocenters. The smallest absolute Gasteiger partial charge is 0.303 e. The van der Waals surface area contributed by atoms with E-state index in [0.29, 0.717) is 23.7 Å². The molecule has 0 radical (unpaired) electrons. The van der Waals surface area contributed by atoms with E-state index in [-0.39, 0.29) is 0 Å². The average molecular weight is 352 g/mol. The maximum atomic E-state index is 12.1. The number of benzene rings is 1. The molecule has 2 aromatic heterocycles. The van der Waals surface area contributed by atoms with Gasteiger partial charge in [0, 0.05) is 13.6 Å². The van der Waals surface area contributed by atoms with Crippen LogP contribution in [0.2, 0.25) is 0 Å². The summed E-state index contributed by atoms with van der Waals surface area (Å²) in [6, 6.07) is 9.90. The van der Waals surface area contributed by atoms with Crippen molar-refractivity contribution in [2.75, 3.05) is 5.43 Å². The van der Waals surface area contributed by atoms with Crippen LogP contribution in [0.1, 0.15) is 19.4 Å². The Labute approximate surface area is 149 Å². The van der Waals surface area contributed by atoms with Crippen molar-refractivity contribution in [3.63, 3.8) is 0 Å². The number of nitrogens with one attached hydrogen (secondary N) is 2. The summed E-state index contributed by atoms with van der Waals surface area (Å²) in [4.78, 5) is 30.5. The van der Waals surface area contributed by atoms with Crippen molar-refractivity contribution in [2.24, 2.45) is 12.1 Å². The van der Waals surface area contributed by atoms with Crippen molar-refractivity contribution in [1.82, 2.24) is 19.1 Å². The van der Waals surface area contributed by atoms with Crippen LogP contribution in [0, 0.1) is 0 Å². The molecule has 3 aromatic rings. The lowest BCUT2D eigenvalue weighted by molar-refractivity contribution is 0.781. The zero-order chi connectivity index (χ0) is 18.7. The Morgan fingerprint density at radius 1 is 1.31 bits per heavy atom. The molecule has 0 amide bonds. The van der Waals surface area contributed by atoms with E-state index in [2.05, 4.69) is 20.5 Å². The molecule has 0 spiro atoms. The van der Waals surface area contributed by atoms with Crippen molar-refractivity contribution >= 4 is 28.9 Å². The number of hydrazone groups is 1. The maximum Gasteiger partial charge on any atom is 0.329 e. The monoisotopic (exact) mass is 352 g/mol. The summed E-state index contributed by atoms with van der Waals surface area (Å²) < 4.78 is 2.99. The molecular weight excluding hydrogens is 332 g/mol. The molecule has 26 heavy (non-hydrogen) atoms. The predicted octanol–water partition coefficient (Wildman–Crippen LogP) is 1.94. The van der Waals surface area contributed by atoms with Gasteiger partial charge in [-0.05, 0) is 25.5 Å². The largest absolute Gasteiger partial charge is 0.329 e. The van der Waals surface area contributed by atoms with Crippen LogP contribution in [0.25, 0.3) is 17.2 Å². The minimum atomic E-state index is -0.500. The number of nitrogens with zero attached hydrogens (tertiary/aromatic N) is 4. The fourth-order valence-electron chi connectivity index (χ4n) is 2.58. The highest BCUT2D eigenvalue weighted by Crippen LogP contribution is 2.15. The quantitative estimate of drug-likeness (QED) is 0.542. The minimum Gasteiger partial charge on any atom is -0.303 e. The molecule has 134 valence electrons. The molecule has 0 saturated heterocycles. The van der Waals surface area contributed by atoms with Crippen LogP contribution in [0.4, 0.5) is 5.95 Å². The number of aryl methyl sites for hydroxylation is 2. The molecule has 0 aliphatic carbocycles. The molecule has 0 bridgehead atoms. The minimum absolute atomic E-state index is 0.316. The lowest BCUT2D eigenvalue weighted by Gasteiger charge is -2.04. The van der Waals surface area contributed by atoms with Gasteiger partial charge >= 0.3 is 5.69 Å². The highest BCUT2D eigenvalue weighted by molar-refractivity contribution is 5.96. The first kappa shape index (κ1) is 17.4. The molecule has 0 saturated carbocycles. The highest BCUT2D eigenvalue weighted by Gasteiger charge is 2.15. The summed E-state index contributed by atoms with van der Waals surface area (Å²) in [6.45, 7) is 4.26. The lowest BCUT2D eigenvalue weighted by Crippen LogP contribution is -2.29. The number of aromatic amines is 1. The molecule has 2 N–H and O–H groups in total. The van der Waals surface area contributed by atoms with Crippen LogP contribution < -0.4 is 16.7 Å². The standard InChI is InChI=1S/C18H20N6O2/c1-4-24-14-15(23(3)18(26)20-16(14)25)19-17(24)22-21-12(2)10-11-13-8-6-5-7-9-13/h5-11H,4H2,1-3H3,(H,19,22)(H,20,25,26)/b11-10+,21-12-. The number of allylic oxidation sites excluding steroid dienone is 1. The zero-order valence-corrected chi connectivity index (χ0v) is 14.9. The normalized spacial score (nSPS) is 12.2. The molecule has 0 aliphatic rings. The van der Waals surface area contributed by atoms with Crippen molar-refractivity contribution in [2.45, 2.75) is 20.4 Å². The highest BCUT2D eigenvalue weighted by atomic mass is 16.2. The number of anilines is 1. The van der Waals surface area contributed by atoms with Gasteiger partial charge in [0.2, 0.25) is 5.95 Å². The number of fused-ring (bicyclic) bond motifs is 1. The van der Waals surface area contributed by atoms with Gasteiger partial charge in [-0.25, -0.2) is 10.2 Å². The number of imidazole rings is 1. The van der Waals surface area contributed by atoms with Gasteiger partial charge in [0.05, 0.1) is 5.71 Å². The van der Waals surface area contributed by atoms with Gasteiger partial charge < -0.3 is 4.57 Å². The van der Waals surface area contributed by atoms with E-state index in [4.69, 9.17) is 0 Å². The summed E-state index contributed by atoms with van der Waals surface area (Å²) in [5, 5.41) is 4.29. The third-order valence-electron chi connectivity index (χ3n) is 3.97. The number of rotatable bonds is 5. The second-order valence-electron chi connectivity index (χ2n) is 5.78. The van der Waals surface area contributed by atoms with Crippen molar-refractivity contribution in [1.29, 1.82) is 0 Å². The second kappa shape index (κ2) is 7.22. The first-order valence-electron chi connectivity index (χ1n) is 8.24. The van der Waals surface area contributed by atoms with Crippen LogP contribution in [0.5, 0.6) is 0 Å². The van der Waals surface area contributed by atoms with Gasteiger partial charge in [0.25, 0.3) is 5.56 Å². The Kier molecular flexibility index (Phi) is 4.83. The fourth-order valence-corrected chi connectivity index (χ4v) is 2.58. The van der Waals surface area contributed by atoms with Crippen LogP contribution in [0.15, 0.2) is 51.1 Å². The van der Waals surface area contributed by atoms with Crippen molar-refractivity contribution < 1.29 is 0 Å². The lowest BCUT2D eigenvalue weighted by atomic mass is 10.2. The zero-order valence-electron chi connectivity index (χ0n) is 14.9. The molecule has 0 aliphatic heterocycles. The number of aromatic nitrogens is 4. The van der Waals surface area contributed by atoms with Gasteiger partial charge in [0.1, 0.15) is 0 Å². The summed E-state index contributed by atoms with van der Waals surface area (Å²) in [7, 11) is 1.56. The summed E-state index contributed by atoms with van der Waals surface area (Å²) in [6.07, 6.45) is 3.83. The first-order chi connectivity index (χ1) is 12.5. The molecular formula is C18H20N6O2. The predicted molar refractivity (Wildman–Crippen MR) is 103 cm³/mol. The van der Waals surface area contributed by atoms with Crippen LogP contribution >= 0.6 is 0 Å². The third-order valence-corrected chi connectivity index (χ3v) is 3.97. The third kappa shape index (κ3) is 3.34. The Bertz CT molecular complexity index is 1100. The first-order valence-corrected chi connectivity index (χ1v) is 8.24. The molecule has 0 fully saturated rings. The van der Waals surface area contributed by atoms with E-state index in [0.717, 1.165) is 11.3 Å². The van der Waals surface area contributed by atoms with E-state index < -0.39 is 11.2 Å². The Hall–Kier alpha value is -3.42. The van der Waals surface area contributed by atoms with Crippen LogP contribution in [0.3, 0.4) is 0 Å². The van der Waals surface area contributed by atoms with Gasteiger partial charge in [0.15, 0.2) is 11.2 Å². The molecule has 3 rings (SSSR count). The molecule has 0 atom stereocenters. The van der Waals surface area contributed by atoms with Crippen molar-refractivity contribution in [3.05, 3.63) is 62.8 Å². The summed E-state index contributed by atoms with van der Waals surface area (Å²) >= 11 is 0. The summed E-state index contributed by atoms with van der Waals surface area (Å²) in [5.41, 5.74) is 4.39. The van der Waals surface area contributed by atoms with E-state index in [9.17, 15) is 9.59 Å².